The number of benzene rings is 2. The molecule has 2 aromatic carbocycles. The summed E-state index contributed by atoms with van der Waals surface area (Å²) in [5, 5.41) is 0. The molecule has 2 aromatic rings. The predicted octanol–water partition coefficient (Wildman–Crippen LogP) is 2.92. The molecule has 0 saturated heterocycles. The van der Waals surface area contributed by atoms with E-state index in [9.17, 15) is 13.2 Å². The van der Waals surface area contributed by atoms with Crippen molar-refractivity contribution in [2.24, 2.45) is 0 Å². The van der Waals surface area contributed by atoms with Crippen LogP contribution >= 0.6 is 0 Å². The topological polar surface area (TPSA) is 63.7 Å². The summed E-state index contributed by atoms with van der Waals surface area (Å²) in [7, 11) is -2.95. The average Bonchev–Trinajstić information content (AvgIpc) is 2.48. The summed E-state index contributed by atoms with van der Waals surface area (Å²) in [6.07, 6.45) is -0.285. The van der Waals surface area contributed by atoms with Crippen LogP contribution in [0.25, 0.3) is 0 Å². The van der Waals surface area contributed by atoms with Crippen molar-refractivity contribution < 1.29 is 17.9 Å². The first kappa shape index (κ1) is 16.0. The highest BCUT2D eigenvalue weighted by atomic mass is 32.2. The molecule has 0 atom stereocenters. The van der Waals surface area contributed by atoms with Crippen LogP contribution in [-0.4, -0.2) is 20.5 Å². The number of hydrogen-bond acceptors (Lipinski definition) is 4. The summed E-state index contributed by atoms with van der Waals surface area (Å²) in [5.41, 5.74) is 0.943. The number of nitrogens with zero attached hydrogens (tertiary/aromatic N) is 1. The third-order valence-electron chi connectivity index (χ3n) is 2.86. The molecular weight excluding hydrogens is 302 g/mol. The van der Waals surface area contributed by atoms with Gasteiger partial charge in [-0.15, -0.1) is 0 Å². The summed E-state index contributed by atoms with van der Waals surface area (Å²) in [6, 6.07) is 15.1. The maximum absolute atomic E-state index is 12.2. The Morgan fingerprint density at radius 1 is 1.00 bits per heavy atom. The molecular formula is C16H17NO4S. The molecule has 0 unspecified atom stereocenters. The maximum Gasteiger partial charge on any atom is 0.340 e. The summed E-state index contributed by atoms with van der Waals surface area (Å²) >= 11 is 0. The zero-order valence-corrected chi connectivity index (χ0v) is 13.2. The first-order valence-electron chi connectivity index (χ1n) is 6.80. The predicted molar refractivity (Wildman–Crippen MR) is 85.9 cm³/mol. The fraction of sp³-hybridized carbons (Fsp3) is 0.188. The van der Waals surface area contributed by atoms with Crippen molar-refractivity contribution >= 4 is 28.2 Å². The number of hydrogen-bond donors (Lipinski definition) is 1. The summed E-state index contributed by atoms with van der Waals surface area (Å²) in [6.45, 7) is 3.48. The van der Waals surface area contributed by atoms with E-state index in [1.807, 2.05) is 0 Å². The zero-order valence-electron chi connectivity index (χ0n) is 12.3. The molecule has 5 nitrogen and oxygen atoms in total. The van der Waals surface area contributed by atoms with Crippen molar-refractivity contribution in [3.05, 3.63) is 60.2 Å². The van der Waals surface area contributed by atoms with E-state index in [1.54, 1.807) is 68.4 Å². The lowest BCUT2D eigenvalue weighted by Crippen LogP contribution is -2.20. The molecule has 0 aliphatic heterocycles. The van der Waals surface area contributed by atoms with E-state index < -0.39 is 16.9 Å². The van der Waals surface area contributed by atoms with Gasteiger partial charge in [0.25, 0.3) is 0 Å². The van der Waals surface area contributed by atoms with Gasteiger partial charge in [0.1, 0.15) is 0 Å². The molecule has 0 N–H and O–H groups in total. The summed E-state index contributed by atoms with van der Waals surface area (Å²) < 4.78 is 29.7. The number of esters is 1. The van der Waals surface area contributed by atoms with Crippen LogP contribution in [0.5, 0.6) is 0 Å². The minimum atomic E-state index is -2.95. The number of carbonyl (C=O) groups excluding carboxylic acids is 1. The van der Waals surface area contributed by atoms with Gasteiger partial charge in [0.05, 0.1) is 23.0 Å². The highest BCUT2D eigenvalue weighted by Gasteiger charge is 2.20. The van der Waals surface area contributed by atoms with Crippen LogP contribution in [0, 0.1) is 0 Å². The SMILES string of the molecule is CC(C)OC(=O)c1ccccc1N(c1ccccc1)[SH](=O)=O. The van der Waals surface area contributed by atoms with E-state index in [2.05, 4.69) is 0 Å². The van der Waals surface area contributed by atoms with Crippen molar-refractivity contribution in [2.75, 3.05) is 4.31 Å². The van der Waals surface area contributed by atoms with Crippen LogP contribution in [-0.2, 0) is 15.6 Å². The Morgan fingerprint density at radius 3 is 2.18 bits per heavy atom. The van der Waals surface area contributed by atoms with Gasteiger partial charge in [-0.1, -0.05) is 30.3 Å². The standard InChI is InChI=1S/C16H17NO4S/c1-12(2)21-16(18)14-10-6-7-11-15(14)17(22(19)20)13-8-4-3-5-9-13/h3-12,22H,1-2H3. The van der Waals surface area contributed by atoms with Gasteiger partial charge in [-0.3, -0.25) is 0 Å². The van der Waals surface area contributed by atoms with Gasteiger partial charge in [-0.2, -0.15) is 0 Å². The van der Waals surface area contributed by atoms with E-state index in [0.717, 1.165) is 4.31 Å². The molecule has 6 heteroatoms. The molecule has 22 heavy (non-hydrogen) atoms. The van der Waals surface area contributed by atoms with Crippen LogP contribution in [0.4, 0.5) is 11.4 Å². The number of rotatable bonds is 5. The Kier molecular flexibility index (Phi) is 5.16. The molecule has 0 heterocycles. The van der Waals surface area contributed by atoms with Crippen LogP contribution in [0.3, 0.4) is 0 Å². The van der Waals surface area contributed by atoms with Crippen LogP contribution in [0.2, 0.25) is 0 Å². The first-order chi connectivity index (χ1) is 10.5. The fourth-order valence-electron chi connectivity index (χ4n) is 2.00. The van der Waals surface area contributed by atoms with Gasteiger partial charge in [0.15, 0.2) is 0 Å². The molecule has 0 fully saturated rings. The maximum atomic E-state index is 12.2. The Hall–Kier alpha value is -2.34. The molecule has 116 valence electrons. The molecule has 0 amide bonds. The minimum Gasteiger partial charge on any atom is -0.459 e. The van der Waals surface area contributed by atoms with Gasteiger partial charge >= 0.3 is 5.97 Å². The molecule has 0 aliphatic carbocycles. The van der Waals surface area contributed by atoms with E-state index >= 15 is 0 Å². The highest BCUT2D eigenvalue weighted by Crippen LogP contribution is 2.29. The lowest BCUT2D eigenvalue weighted by Gasteiger charge is -2.20. The molecule has 0 radical (unpaired) electrons. The van der Waals surface area contributed by atoms with Crippen molar-refractivity contribution in [1.29, 1.82) is 0 Å². The Bertz CT molecular complexity index is 718. The number of ether oxygens (including phenoxy) is 1. The van der Waals surface area contributed by atoms with Gasteiger partial charge in [-0.25, -0.2) is 17.5 Å². The molecule has 0 aliphatic rings. The number of thiol groups is 1. The van der Waals surface area contributed by atoms with E-state index in [1.165, 1.54) is 0 Å². The monoisotopic (exact) mass is 319 g/mol. The second-order valence-corrected chi connectivity index (χ2v) is 5.73. The van der Waals surface area contributed by atoms with Crippen LogP contribution in [0.15, 0.2) is 54.6 Å². The number of anilines is 2. The van der Waals surface area contributed by atoms with Crippen LogP contribution < -0.4 is 4.31 Å². The highest BCUT2D eigenvalue weighted by molar-refractivity contribution is 7.74. The second kappa shape index (κ2) is 7.09. The molecule has 0 spiro atoms. The Balaban J connectivity index is 2.52. The van der Waals surface area contributed by atoms with Crippen molar-refractivity contribution in [3.8, 4) is 0 Å². The summed E-state index contributed by atoms with van der Waals surface area (Å²) in [5.74, 6) is -0.552. The van der Waals surface area contributed by atoms with Crippen molar-refractivity contribution in [1.82, 2.24) is 0 Å². The third-order valence-corrected chi connectivity index (χ3v) is 3.63. The summed E-state index contributed by atoms with van der Waals surface area (Å²) in [4.78, 5) is 12.2. The van der Waals surface area contributed by atoms with Gasteiger partial charge in [-0.05, 0) is 38.1 Å². The van der Waals surface area contributed by atoms with Crippen molar-refractivity contribution in [2.45, 2.75) is 20.0 Å². The van der Waals surface area contributed by atoms with Gasteiger partial charge in [0.2, 0.25) is 10.9 Å². The average molecular weight is 319 g/mol. The number of para-hydroxylation sites is 2. The largest absolute Gasteiger partial charge is 0.459 e. The van der Waals surface area contributed by atoms with E-state index in [4.69, 9.17) is 4.74 Å². The van der Waals surface area contributed by atoms with Gasteiger partial charge in [0, 0.05) is 0 Å². The number of carbonyl (C=O) groups is 1. The minimum absolute atomic E-state index is 0.208. The zero-order chi connectivity index (χ0) is 16.1. The van der Waals surface area contributed by atoms with Crippen molar-refractivity contribution in [3.63, 3.8) is 0 Å². The molecule has 0 saturated carbocycles. The quantitative estimate of drug-likeness (QED) is 0.680. The lowest BCUT2D eigenvalue weighted by atomic mass is 10.1. The Morgan fingerprint density at radius 2 is 1.59 bits per heavy atom. The molecule has 2 rings (SSSR count). The molecule has 0 aromatic heterocycles. The normalized spacial score (nSPS) is 10.7. The third kappa shape index (κ3) is 3.65. The van der Waals surface area contributed by atoms with Crippen LogP contribution in [0.1, 0.15) is 24.2 Å². The molecule has 0 bridgehead atoms. The smallest absolute Gasteiger partial charge is 0.340 e. The second-order valence-electron chi connectivity index (χ2n) is 4.86. The van der Waals surface area contributed by atoms with E-state index in [0.29, 0.717) is 5.69 Å². The fourth-order valence-corrected chi connectivity index (χ4v) is 2.67. The first-order valence-corrected chi connectivity index (χ1v) is 7.93. The van der Waals surface area contributed by atoms with E-state index in [-0.39, 0.29) is 17.4 Å². The Labute approximate surface area is 131 Å². The van der Waals surface area contributed by atoms with Gasteiger partial charge < -0.3 is 4.74 Å². The lowest BCUT2D eigenvalue weighted by molar-refractivity contribution is 0.0379.